The van der Waals surface area contributed by atoms with Gasteiger partial charge in [-0.3, -0.25) is 4.98 Å². The molecule has 0 spiro atoms. The summed E-state index contributed by atoms with van der Waals surface area (Å²) in [5, 5.41) is 0. The van der Waals surface area contributed by atoms with Crippen LogP contribution >= 0.6 is 0 Å². The summed E-state index contributed by atoms with van der Waals surface area (Å²) in [6, 6.07) is 0.388. The van der Waals surface area contributed by atoms with Gasteiger partial charge in [0.25, 0.3) is 0 Å². The number of aromatic nitrogens is 2. The first kappa shape index (κ1) is 12.1. The number of ether oxygens (including phenoxy) is 1. The Morgan fingerprint density at radius 3 is 3.06 bits per heavy atom. The van der Waals surface area contributed by atoms with Crippen LogP contribution in [0, 0.1) is 0 Å². The fourth-order valence-electron chi connectivity index (χ4n) is 2.16. The van der Waals surface area contributed by atoms with E-state index in [-0.39, 0.29) is 6.10 Å². The Bertz CT molecular complexity index is 369. The van der Waals surface area contributed by atoms with Gasteiger partial charge in [-0.2, -0.15) is 4.98 Å². The summed E-state index contributed by atoms with van der Waals surface area (Å²) < 4.78 is 5.55. The molecule has 17 heavy (non-hydrogen) atoms. The van der Waals surface area contributed by atoms with Gasteiger partial charge in [0.05, 0.1) is 18.5 Å². The molecule has 5 nitrogen and oxygen atoms in total. The van der Waals surface area contributed by atoms with Crippen molar-refractivity contribution in [1.82, 2.24) is 9.97 Å². The van der Waals surface area contributed by atoms with Crippen LogP contribution in [0.1, 0.15) is 26.7 Å². The molecule has 1 atom stereocenters. The molecule has 94 valence electrons. The van der Waals surface area contributed by atoms with Crippen LogP contribution in [0.3, 0.4) is 0 Å². The lowest BCUT2D eigenvalue weighted by Gasteiger charge is -2.24. The highest BCUT2D eigenvalue weighted by atomic mass is 16.5. The van der Waals surface area contributed by atoms with Gasteiger partial charge in [-0.05, 0) is 26.7 Å². The molecule has 5 heteroatoms. The number of anilines is 1. The highest BCUT2D eigenvalue weighted by Crippen LogP contribution is 2.24. The molecule has 0 radical (unpaired) electrons. The minimum Gasteiger partial charge on any atom is -0.474 e. The second-order valence-corrected chi connectivity index (χ2v) is 4.61. The van der Waals surface area contributed by atoms with Gasteiger partial charge < -0.3 is 15.4 Å². The van der Waals surface area contributed by atoms with E-state index in [4.69, 9.17) is 10.5 Å². The summed E-state index contributed by atoms with van der Waals surface area (Å²) in [7, 11) is 0. The zero-order chi connectivity index (χ0) is 12.3. The molecule has 1 aromatic heterocycles. The monoisotopic (exact) mass is 236 g/mol. The van der Waals surface area contributed by atoms with Crippen LogP contribution in [0.5, 0.6) is 5.88 Å². The Morgan fingerprint density at radius 2 is 2.35 bits per heavy atom. The van der Waals surface area contributed by atoms with Crippen molar-refractivity contribution in [1.29, 1.82) is 0 Å². The van der Waals surface area contributed by atoms with Crippen molar-refractivity contribution in [3.63, 3.8) is 0 Å². The van der Waals surface area contributed by atoms with E-state index in [0.29, 0.717) is 18.5 Å². The second-order valence-electron chi connectivity index (χ2n) is 4.61. The lowest BCUT2D eigenvalue weighted by Crippen LogP contribution is -2.36. The third-order valence-corrected chi connectivity index (χ3v) is 2.90. The predicted octanol–water partition coefficient (Wildman–Crippen LogP) is 1.19. The van der Waals surface area contributed by atoms with Crippen molar-refractivity contribution in [2.45, 2.75) is 38.8 Å². The van der Waals surface area contributed by atoms with E-state index in [0.717, 1.165) is 18.8 Å². The van der Waals surface area contributed by atoms with Crippen LogP contribution in [0.15, 0.2) is 12.4 Å². The molecule has 1 unspecified atom stereocenters. The highest BCUT2D eigenvalue weighted by molar-refractivity contribution is 5.40. The zero-order valence-corrected chi connectivity index (χ0v) is 10.5. The Labute approximate surface area is 102 Å². The molecule has 1 aromatic rings. The van der Waals surface area contributed by atoms with Gasteiger partial charge >= 0.3 is 0 Å². The SMILES string of the molecule is CC(C)Oc1cncc(N2CCCC2CN)n1. The maximum Gasteiger partial charge on any atom is 0.234 e. The Morgan fingerprint density at radius 1 is 1.53 bits per heavy atom. The van der Waals surface area contributed by atoms with Crippen LogP contribution in [0.2, 0.25) is 0 Å². The first-order chi connectivity index (χ1) is 8.20. The molecule has 2 N–H and O–H groups in total. The zero-order valence-electron chi connectivity index (χ0n) is 10.5. The minimum atomic E-state index is 0.114. The number of hydrogen-bond donors (Lipinski definition) is 1. The van der Waals surface area contributed by atoms with Crippen molar-refractivity contribution in [3.8, 4) is 5.88 Å². The molecule has 0 aromatic carbocycles. The first-order valence-corrected chi connectivity index (χ1v) is 6.16. The van der Waals surface area contributed by atoms with Crippen molar-refractivity contribution in [3.05, 3.63) is 12.4 Å². The third kappa shape index (κ3) is 2.85. The Balaban J connectivity index is 2.15. The van der Waals surface area contributed by atoms with Crippen LogP contribution in [0.4, 0.5) is 5.82 Å². The summed E-state index contributed by atoms with van der Waals surface area (Å²) in [6.07, 6.45) is 5.84. The van der Waals surface area contributed by atoms with Crippen LogP contribution in [-0.2, 0) is 0 Å². The largest absolute Gasteiger partial charge is 0.474 e. The van der Waals surface area contributed by atoms with Crippen LogP contribution in [0.25, 0.3) is 0 Å². The first-order valence-electron chi connectivity index (χ1n) is 6.16. The topological polar surface area (TPSA) is 64.3 Å². The van der Waals surface area contributed by atoms with Gasteiger partial charge in [-0.15, -0.1) is 0 Å². The van der Waals surface area contributed by atoms with E-state index in [1.807, 2.05) is 13.8 Å². The number of hydrogen-bond acceptors (Lipinski definition) is 5. The maximum atomic E-state index is 5.76. The quantitative estimate of drug-likeness (QED) is 0.850. The third-order valence-electron chi connectivity index (χ3n) is 2.90. The summed E-state index contributed by atoms with van der Waals surface area (Å²) in [5.74, 6) is 1.45. The van der Waals surface area contributed by atoms with Crippen molar-refractivity contribution < 1.29 is 4.74 Å². The molecule has 1 aliphatic heterocycles. The van der Waals surface area contributed by atoms with Crippen molar-refractivity contribution in [2.75, 3.05) is 18.0 Å². The molecule has 1 fully saturated rings. The molecule has 0 saturated carbocycles. The minimum absolute atomic E-state index is 0.114. The Hall–Kier alpha value is -1.36. The van der Waals surface area contributed by atoms with Crippen LogP contribution < -0.4 is 15.4 Å². The van der Waals surface area contributed by atoms with Gasteiger partial charge in [0.15, 0.2) is 5.82 Å². The molecule has 2 heterocycles. The number of nitrogens with zero attached hydrogens (tertiary/aromatic N) is 3. The average Bonchev–Trinajstić information content (AvgIpc) is 2.76. The summed E-state index contributed by atoms with van der Waals surface area (Å²) in [4.78, 5) is 10.9. The van der Waals surface area contributed by atoms with Gasteiger partial charge in [-0.25, -0.2) is 0 Å². The second kappa shape index (κ2) is 5.31. The van der Waals surface area contributed by atoms with E-state index in [9.17, 15) is 0 Å². The van der Waals surface area contributed by atoms with E-state index in [1.165, 1.54) is 6.42 Å². The van der Waals surface area contributed by atoms with Gasteiger partial charge in [0, 0.05) is 19.1 Å². The lowest BCUT2D eigenvalue weighted by atomic mass is 10.2. The highest BCUT2D eigenvalue weighted by Gasteiger charge is 2.24. The van der Waals surface area contributed by atoms with E-state index in [2.05, 4.69) is 14.9 Å². The standard InChI is InChI=1S/C12H20N4O/c1-9(2)17-12-8-14-7-11(15-12)16-5-3-4-10(16)6-13/h7-10H,3-6,13H2,1-2H3. The maximum absolute atomic E-state index is 5.76. The van der Waals surface area contributed by atoms with E-state index < -0.39 is 0 Å². The molecule has 1 saturated heterocycles. The predicted molar refractivity (Wildman–Crippen MR) is 67.2 cm³/mol. The molecular formula is C12H20N4O. The summed E-state index contributed by atoms with van der Waals surface area (Å²) in [5.41, 5.74) is 5.76. The molecule has 1 aliphatic rings. The molecule has 0 amide bonds. The smallest absolute Gasteiger partial charge is 0.234 e. The number of nitrogens with two attached hydrogens (primary N) is 1. The Kier molecular flexibility index (Phi) is 3.78. The van der Waals surface area contributed by atoms with Gasteiger partial charge in [0.1, 0.15) is 0 Å². The normalized spacial score (nSPS) is 20.0. The molecule has 0 aliphatic carbocycles. The van der Waals surface area contributed by atoms with Crippen molar-refractivity contribution in [2.24, 2.45) is 5.73 Å². The number of rotatable bonds is 4. The molecular weight excluding hydrogens is 216 g/mol. The van der Waals surface area contributed by atoms with E-state index in [1.54, 1.807) is 12.4 Å². The van der Waals surface area contributed by atoms with Crippen molar-refractivity contribution >= 4 is 5.82 Å². The van der Waals surface area contributed by atoms with Gasteiger partial charge in [0.2, 0.25) is 5.88 Å². The molecule has 0 bridgehead atoms. The van der Waals surface area contributed by atoms with Crippen LogP contribution in [-0.4, -0.2) is 35.2 Å². The summed E-state index contributed by atoms with van der Waals surface area (Å²) in [6.45, 7) is 5.62. The summed E-state index contributed by atoms with van der Waals surface area (Å²) >= 11 is 0. The average molecular weight is 236 g/mol. The van der Waals surface area contributed by atoms with Gasteiger partial charge in [-0.1, -0.05) is 0 Å². The lowest BCUT2D eigenvalue weighted by molar-refractivity contribution is 0.231. The van der Waals surface area contributed by atoms with E-state index >= 15 is 0 Å². The fourth-order valence-corrected chi connectivity index (χ4v) is 2.16. The molecule has 2 rings (SSSR count). The fraction of sp³-hybridized carbons (Fsp3) is 0.667.